The van der Waals surface area contributed by atoms with Crippen LogP contribution in [0.15, 0.2) is 41.6 Å². The molecule has 2 aromatic rings. The highest BCUT2D eigenvalue weighted by molar-refractivity contribution is 8.76. The third-order valence-corrected chi connectivity index (χ3v) is 5.03. The highest BCUT2D eigenvalue weighted by Crippen LogP contribution is 2.33. The fraction of sp³-hybridized carbons (Fsp3) is 0.231. The van der Waals surface area contributed by atoms with Crippen molar-refractivity contribution in [3.63, 3.8) is 0 Å². The summed E-state index contributed by atoms with van der Waals surface area (Å²) in [4.78, 5) is 15.4. The number of aliphatic carboxylic acids is 1. The lowest BCUT2D eigenvalue weighted by Gasteiger charge is -2.16. The third kappa shape index (κ3) is 4.08. The Balaban J connectivity index is 1.91. The standard InChI is InChI=1S/C13H14N2O4S2/c16-11-4-5-12(17)15(11)9(13(18)19)6-8-20-21-10-3-1-2-7-14-10/h1-5,7,9,16-17H,6,8H2,(H,18,19). The van der Waals surface area contributed by atoms with E-state index in [2.05, 4.69) is 4.98 Å². The van der Waals surface area contributed by atoms with E-state index < -0.39 is 12.0 Å². The third-order valence-electron chi connectivity index (χ3n) is 2.73. The maximum absolute atomic E-state index is 11.3. The minimum atomic E-state index is -1.10. The maximum Gasteiger partial charge on any atom is 0.326 e. The van der Waals surface area contributed by atoms with Crippen LogP contribution >= 0.6 is 21.6 Å². The summed E-state index contributed by atoms with van der Waals surface area (Å²) in [6.45, 7) is 0. The molecular formula is C13H14N2O4S2. The second kappa shape index (κ2) is 7.28. The van der Waals surface area contributed by atoms with Crippen LogP contribution in [0.1, 0.15) is 12.5 Å². The summed E-state index contributed by atoms with van der Waals surface area (Å²) in [7, 11) is 2.93. The Morgan fingerprint density at radius 3 is 2.52 bits per heavy atom. The summed E-state index contributed by atoms with van der Waals surface area (Å²) in [6, 6.07) is 7.10. The molecule has 0 saturated heterocycles. The van der Waals surface area contributed by atoms with Gasteiger partial charge in [0.2, 0.25) is 0 Å². The van der Waals surface area contributed by atoms with E-state index in [1.807, 2.05) is 18.2 Å². The van der Waals surface area contributed by atoms with Gasteiger partial charge >= 0.3 is 5.97 Å². The van der Waals surface area contributed by atoms with E-state index in [0.717, 1.165) is 9.59 Å². The van der Waals surface area contributed by atoms with Crippen LogP contribution < -0.4 is 0 Å². The van der Waals surface area contributed by atoms with E-state index in [0.29, 0.717) is 5.75 Å². The van der Waals surface area contributed by atoms with Gasteiger partial charge in [-0.1, -0.05) is 16.9 Å². The van der Waals surface area contributed by atoms with Crippen LogP contribution in [-0.4, -0.2) is 36.6 Å². The number of hydrogen-bond acceptors (Lipinski definition) is 6. The van der Waals surface area contributed by atoms with Gasteiger partial charge in [-0.25, -0.2) is 9.78 Å². The van der Waals surface area contributed by atoms with Crippen LogP contribution in [0.4, 0.5) is 0 Å². The number of carboxylic acid groups (broad SMARTS) is 1. The monoisotopic (exact) mass is 326 g/mol. The first-order valence-electron chi connectivity index (χ1n) is 6.12. The Bertz CT molecular complexity index is 584. The minimum absolute atomic E-state index is 0.262. The zero-order chi connectivity index (χ0) is 15.2. The highest BCUT2D eigenvalue weighted by atomic mass is 33.1. The molecule has 1 unspecified atom stereocenters. The van der Waals surface area contributed by atoms with Crippen LogP contribution in [0.3, 0.4) is 0 Å². The second-order valence-corrected chi connectivity index (χ2v) is 6.57. The molecule has 0 bridgehead atoms. The number of aromatic hydroxyl groups is 2. The normalized spacial score (nSPS) is 12.2. The smallest absolute Gasteiger partial charge is 0.326 e. The number of hydrogen-bond donors (Lipinski definition) is 3. The molecule has 21 heavy (non-hydrogen) atoms. The van der Waals surface area contributed by atoms with Crippen molar-refractivity contribution >= 4 is 27.6 Å². The van der Waals surface area contributed by atoms with Gasteiger partial charge in [-0.15, -0.1) is 0 Å². The number of nitrogens with zero attached hydrogens (tertiary/aromatic N) is 2. The molecule has 0 aliphatic rings. The molecule has 6 nitrogen and oxygen atoms in total. The zero-order valence-electron chi connectivity index (χ0n) is 10.9. The molecule has 0 aliphatic heterocycles. The van der Waals surface area contributed by atoms with Gasteiger partial charge in [-0.05, 0) is 29.3 Å². The van der Waals surface area contributed by atoms with Crippen molar-refractivity contribution in [3.8, 4) is 11.8 Å². The summed E-state index contributed by atoms with van der Waals surface area (Å²) < 4.78 is 1.01. The first-order chi connectivity index (χ1) is 10.1. The Kier molecular flexibility index (Phi) is 5.40. The molecule has 2 aromatic heterocycles. The van der Waals surface area contributed by atoms with Crippen molar-refractivity contribution in [2.24, 2.45) is 0 Å². The first kappa shape index (κ1) is 15.6. The molecule has 0 radical (unpaired) electrons. The van der Waals surface area contributed by atoms with E-state index in [-0.39, 0.29) is 18.2 Å². The maximum atomic E-state index is 11.3. The summed E-state index contributed by atoms with van der Waals surface area (Å²) in [5.41, 5.74) is 0. The second-order valence-electron chi connectivity index (χ2n) is 4.14. The molecule has 1 atom stereocenters. The lowest BCUT2D eigenvalue weighted by Crippen LogP contribution is -2.19. The molecular weight excluding hydrogens is 312 g/mol. The van der Waals surface area contributed by atoms with E-state index >= 15 is 0 Å². The molecule has 0 saturated carbocycles. The van der Waals surface area contributed by atoms with Crippen LogP contribution in [0.2, 0.25) is 0 Å². The summed E-state index contributed by atoms with van der Waals surface area (Å²) in [5.74, 6) is -1.08. The summed E-state index contributed by atoms with van der Waals surface area (Å²) >= 11 is 0. The fourth-order valence-electron chi connectivity index (χ4n) is 1.77. The topological polar surface area (TPSA) is 95.6 Å². The molecule has 2 rings (SSSR count). The lowest BCUT2D eigenvalue weighted by molar-refractivity contribution is -0.141. The van der Waals surface area contributed by atoms with Crippen molar-refractivity contribution in [1.82, 2.24) is 9.55 Å². The predicted molar refractivity (Wildman–Crippen MR) is 81.6 cm³/mol. The van der Waals surface area contributed by atoms with Gasteiger partial charge in [0.1, 0.15) is 11.1 Å². The van der Waals surface area contributed by atoms with Gasteiger partial charge in [-0.2, -0.15) is 0 Å². The van der Waals surface area contributed by atoms with Gasteiger partial charge in [0.25, 0.3) is 0 Å². The first-order valence-corrected chi connectivity index (χ1v) is 8.44. The Morgan fingerprint density at radius 1 is 1.24 bits per heavy atom. The molecule has 2 heterocycles. The molecule has 0 aliphatic carbocycles. The van der Waals surface area contributed by atoms with E-state index in [4.69, 9.17) is 0 Å². The van der Waals surface area contributed by atoms with Gasteiger partial charge in [0, 0.05) is 24.1 Å². The molecule has 8 heteroatoms. The van der Waals surface area contributed by atoms with Crippen molar-refractivity contribution in [3.05, 3.63) is 36.5 Å². The minimum Gasteiger partial charge on any atom is -0.494 e. The molecule has 0 amide bonds. The van der Waals surface area contributed by atoms with Crippen molar-refractivity contribution in [2.75, 3.05) is 5.75 Å². The molecule has 0 aromatic carbocycles. The van der Waals surface area contributed by atoms with Crippen molar-refractivity contribution < 1.29 is 20.1 Å². The van der Waals surface area contributed by atoms with Gasteiger partial charge < -0.3 is 15.3 Å². The number of pyridine rings is 1. The van der Waals surface area contributed by atoms with E-state index in [1.54, 1.807) is 6.20 Å². The largest absolute Gasteiger partial charge is 0.494 e. The highest BCUT2D eigenvalue weighted by Gasteiger charge is 2.24. The van der Waals surface area contributed by atoms with E-state index in [9.17, 15) is 20.1 Å². The zero-order valence-corrected chi connectivity index (χ0v) is 12.5. The van der Waals surface area contributed by atoms with Gasteiger partial charge in [0.15, 0.2) is 11.8 Å². The summed E-state index contributed by atoms with van der Waals surface area (Å²) in [5, 5.41) is 29.3. The number of aromatic nitrogens is 2. The van der Waals surface area contributed by atoms with Crippen LogP contribution in [0.5, 0.6) is 11.8 Å². The Hall–Kier alpha value is -1.80. The quantitative estimate of drug-likeness (QED) is 0.532. The Morgan fingerprint density at radius 2 is 1.95 bits per heavy atom. The summed E-state index contributed by atoms with van der Waals surface area (Å²) in [6.07, 6.45) is 1.97. The molecule has 0 fully saturated rings. The number of carboxylic acids is 1. The molecule has 112 valence electrons. The lowest BCUT2D eigenvalue weighted by atomic mass is 10.2. The van der Waals surface area contributed by atoms with Crippen LogP contribution in [0.25, 0.3) is 0 Å². The van der Waals surface area contributed by atoms with Gasteiger partial charge in [0.05, 0.1) is 0 Å². The number of carbonyl (C=O) groups is 1. The average Bonchev–Trinajstić information content (AvgIpc) is 2.79. The SMILES string of the molecule is O=C(O)C(CCSSc1ccccn1)n1c(O)ccc1O. The molecule has 3 N–H and O–H groups in total. The van der Waals surface area contributed by atoms with Crippen LogP contribution in [0, 0.1) is 0 Å². The van der Waals surface area contributed by atoms with Crippen molar-refractivity contribution in [1.29, 1.82) is 0 Å². The Labute approximate surface area is 129 Å². The number of rotatable bonds is 7. The average molecular weight is 326 g/mol. The fourth-order valence-corrected chi connectivity index (χ4v) is 3.73. The van der Waals surface area contributed by atoms with E-state index in [1.165, 1.54) is 33.7 Å². The van der Waals surface area contributed by atoms with Crippen molar-refractivity contribution in [2.45, 2.75) is 17.5 Å². The van der Waals surface area contributed by atoms with Crippen LogP contribution in [-0.2, 0) is 4.79 Å². The predicted octanol–water partition coefficient (Wildman–Crippen LogP) is 2.75. The van der Waals surface area contributed by atoms with Gasteiger partial charge in [-0.3, -0.25) is 4.57 Å². The molecule has 0 spiro atoms.